The zero-order valence-electron chi connectivity index (χ0n) is 16.6. The molecule has 2 atom stereocenters. The van der Waals surface area contributed by atoms with Crippen LogP contribution < -0.4 is 0 Å². The molecule has 0 spiro atoms. The van der Waals surface area contributed by atoms with Crippen molar-refractivity contribution in [3.8, 4) is 0 Å². The van der Waals surface area contributed by atoms with Crippen molar-refractivity contribution in [3.05, 3.63) is 59.7 Å². The van der Waals surface area contributed by atoms with Crippen molar-refractivity contribution in [2.75, 3.05) is 0 Å². The standard InChI is InChI=1S/C26H36/c1-21(24-17-9-10-18-25(24)22-13-5-2-6-14-22)26(19-11-4-12-20-26)23-15-7-3-8-16-23/h4,9-12,17-19,21-23H,2-3,5-8,13-16,20H2,1H3. The van der Waals surface area contributed by atoms with Gasteiger partial charge in [0.2, 0.25) is 0 Å². The molecule has 2 saturated carbocycles. The van der Waals surface area contributed by atoms with Crippen molar-refractivity contribution < 1.29 is 0 Å². The Bertz CT molecular complexity index is 640. The van der Waals surface area contributed by atoms with E-state index in [0.717, 1.165) is 11.8 Å². The minimum atomic E-state index is 0.333. The molecule has 3 aliphatic rings. The molecule has 0 saturated heterocycles. The number of hydrogen-bond donors (Lipinski definition) is 0. The van der Waals surface area contributed by atoms with Gasteiger partial charge in [0, 0.05) is 5.41 Å². The molecular weight excluding hydrogens is 312 g/mol. The number of benzene rings is 1. The normalized spacial score (nSPS) is 29.0. The van der Waals surface area contributed by atoms with E-state index in [2.05, 4.69) is 55.5 Å². The molecule has 3 aliphatic carbocycles. The molecule has 0 bridgehead atoms. The van der Waals surface area contributed by atoms with E-state index in [-0.39, 0.29) is 0 Å². The van der Waals surface area contributed by atoms with Gasteiger partial charge in [0.25, 0.3) is 0 Å². The van der Waals surface area contributed by atoms with Gasteiger partial charge in [0.05, 0.1) is 0 Å². The summed E-state index contributed by atoms with van der Waals surface area (Å²) in [4.78, 5) is 0. The Morgan fingerprint density at radius 3 is 2.23 bits per heavy atom. The molecule has 0 amide bonds. The third-order valence-corrected chi connectivity index (χ3v) is 7.80. The zero-order valence-corrected chi connectivity index (χ0v) is 16.6. The van der Waals surface area contributed by atoms with Crippen molar-refractivity contribution >= 4 is 0 Å². The van der Waals surface area contributed by atoms with Gasteiger partial charge >= 0.3 is 0 Å². The molecule has 26 heavy (non-hydrogen) atoms. The van der Waals surface area contributed by atoms with E-state index in [9.17, 15) is 0 Å². The number of hydrogen-bond acceptors (Lipinski definition) is 0. The minimum Gasteiger partial charge on any atom is -0.0837 e. The maximum atomic E-state index is 2.60. The van der Waals surface area contributed by atoms with E-state index in [0.29, 0.717) is 11.3 Å². The summed E-state index contributed by atoms with van der Waals surface area (Å²) in [5, 5.41) is 0. The van der Waals surface area contributed by atoms with Gasteiger partial charge in [0.15, 0.2) is 0 Å². The summed E-state index contributed by atoms with van der Waals surface area (Å²) in [6, 6.07) is 9.49. The summed E-state index contributed by atoms with van der Waals surface area (Å²) in [5.74, 6) is 2.27. The second-order valence-electron chi connectivity index (χ2n) is 9.12. The summed E-state index contributed by atoms with van der Waals surface area (Å²) >= 11 is 0. The number of rotatable bonds is 4. The predicted molar refractivity (Wildman–Crippen MR) is 113 cm³/mol. The molecule has 0 aromatic heterocycles. The topological polar surface area (TPSA) is 0 Å². The predicted octanol–water partition coefficient (Wildman–Crippen LogP) is 7.92. The monoisotopic (exact) mass is 348 g/mol. The fraction of sp³-hybridized carbons (Fsp3) is 0.615. The summed E-state index contributed by atoms with van der Waals surface area (Å²) in [5.41, 5.74) is 3.67. The molecule has 4 rings (SSSR count). The summed E-state index contributed by atoms with van der Waals surface area (Å²) in [7, 11) is 0. The molecule has 0 N–H and O–H groups in total. The van der Waals surface area contributed by atoms with E-state index < -0.39 is 0 Å². The molecule has 2 unspecified atom stereocenters. The molecular formula is C26H36. The third-order valence-electron chi connectivity index (χ3n) is 7.80. The smallest absolute Gasteiger partial charge is 0.00137 e. The van der Waals surface area contributed by atoms with Crippen LogP contribution in [0.2, 0.25) is 0 Å². The van der Waals surface area contributed by atoms with E-state index in [4.69, 9.17) is 0 Å². The Morgan fingerprint density at radius 1 is 0.846 bits per heavy atom. The van der Waals surface area contributed by atoms with Gasteiger partial charge < -0.3 is 0 Å². The van der Waals surface area contributed by atoms with Crippen molar-refractivity contribution in [1.82, 2.24) is 0 Å². The quantitative estimate of drug-likeness (QED) is 0.518. The van der Waals surface area contributed by atoms with Crippen LogP contribution in [0.1, 0.15) is 101 Å². The highest BCUT2D eigenvalue weighted by Gasteiger charge is 2.42. The first-order valence-electron chi connectivity index (χ1n) is 11.2. The second kappa shape index (κ2) is 8.15. The molecule has 1 aromatic carbocycles. The van der Waals surface area contributed by atoms with Crippen LogP contribution in [0.15, 0.2) is 48.6 Å². The van der Waals surface area contributed by atoms with Gasteiger partial charge in [-0.05, 0) is 61.0 Å². The summed E-state index contributed by atoms with van der Waals surface area (Å²) in [6.07, 6.45) is 25.1. The first-order valence-corrected chi connectivity index (χ1v) is 11.2. The van der Waals surface area contributed by atoms with Crippen LogP contribution in [-0.2, 0) is 0 Å². The zero-order chi connectivity index (χ0) is 17.8. The van der Waals surface area contributed by atoms with Crippen LogP contribution in [0.3, 0.4) is 0 Å². The van der Waals surface area contributed by atoms with Crippen LogP contribution in [0.25, 0.3) is 0 Å². The van der Waals surface area contributed by atoms with Crippen molar-refractivity contribution in [2.24, 2.45) is 11.3 Å². The van der Waals surface area contributed by atoms with Crippen LogP contribution in [0.4, 0.5) is 0 Å². The lowest BCUT2D eigenvalue weighted by molar-refractivity contribution is 0.140. The average molecular weight is 349 g/mol. The summed E-state index contributed by atoms with van der Waals surface area (Å²) < 4.78 is 0. The highest BCUT2D eigenvalue weighted by Crippen LogP contribution is 2.54. The van der Waals surface area contributed by atoms with Crippen LogP contribution in [-0.4, -0.2) is 0 Å². The first kappa shape index (κ1) is 18.1. The molecule has 2 fully saturated rings. The fourth-order valence-corrected chi connectivity index (χ4v) is 6.25. The van der Waals surface area contributed by atoms with E-state index in [1.54, 1.807) is 11.1 Å². The molecule has 0 heterocycles. The molecule has 140 valence electrons. The molecule has 1 aromatic rings. The van der Waals surface area contributed by atoms with Crippen LogP contribution in [0.5, 0.6) is 0 Å². The third kappa shape index (κ3) is 3.45. The second-order valence-corrected chi connectivity index (χ2v) is 9.12. The Kier molecular flexibility index (Phi) is 5.67. The van der Waals surface area contributed by atoms with E-state index >= 15 is 0 Å². The first-order chi connectivity index (χ1) is 12.8. The van der Waals surface area contributed by atoms with Gasteiger partial charge in [-0.3, -0.25) is 0 Å². The van der Waals surface area contributed by atoms with Crippen LogP contribution >= 0.6 is 0 Å². The van der Waals surface area contributed by atoms with Crippen molar-refractivity contribution in [3.63, 3.8) is 0 Å². The SMILES string of the molecule is CC(c1ccccc1C1CCCCC1)C1(C2CCCCC2)C=CC=CC1. The lowest BCUT2D eigenvalue weighted by Gasteiger charge is -2.46. The molecule has 0 aliphatic heterocycles. The lowest BCUT2D eigenvalue weighted by Crippen LogP contribution is -2.36. The fourth-order valence-electron chi connectivity index (χ4n) is 6.25. The molecule has 0 radical (unpaired) electrons. The van der Waals surface area contributed by atoms with Crippen molar-refractivity contribution in [2.45, 2.75) is 89.4 Å². The Labute approximate surface area is 160 Å². The van der Waals surface area contributed by atoms with Crippen molar-refractivity contribution in [1.29, 1.82) is 0 Å². The minimum absolute atomic E-state index is 0.333. The van der Waals surface area contributed by atoms with Gasteiger partial charge in [-0.25, -0.2) is 0 Å². The van der Waals surface area contributed by atoms with Gasteiger partial charge in [-0.15, -0.1) is 0 Å². The Hall–Kier alpha value is -1.30. The molecule has 0 nitrogen and oxygen atoms in total. The van der Waals surface area contributed by atoms with E-state index in [1.165, 1.54) is 70.6 Å². The van der Waals surface area contributed by atoms with Gasteiger partial charge in [-0.1, -0.05) is 94.0 Å². The maximum Gasteiger partial charge on any atom is 0.00137 e. The maximum absolute atomic E-state index is 2.60. The summed E-state index contributed by atoms with van der Waals surface area (Å²) in [6.45, 7) is 2.54. The average Bonchev–Trinajstić information content (AvgIpc) is 2.75. The lowest BCUT2D eigenvalue weighted by atomic mass is 9.57. The largest absolute Gasteiger partial charge is 0.0837 e. The van der Waals surface area contributed by atoms with Gasteiger partial charge in [0.1, 0.15) is 0 Å². The highest BCUT2D eigenvalue weighted by molar-refractivity contribution is 5.37. The Balaban J connectivity index is 1.69. The molecule has 0 heteroatoms. The Morgan fingerprint density at radius 2 is 1.54 bits per heavy atom. The van der Waals surface area contributed by atoms with Crippen LogP contribution in [0, 0.1) is 11.3 Å². The number of allylic oxidation sites excluding steroid dienone is 4. The highest BCUT2D eigenvalue weighted by atomic mass is 14.5. The van der Waals surface area contributed by atoms with Gasteiger partial charge in [-0.2, -0.15) is 0 Å². The van der Waals surface area contributed by atoms with E-state index in [1.807, 2.05) is 0 Å².